The summed E-state index contributed by atoms with van der Waals surface area (Å²) in [4.78, 5) is 12.3. The van der Waals surface area contributed by atoms with Gasteiger partial charge in [-0.1, -0.05) is 36.0 Å². The lowest BCUT2D eigenvalue weighted by molar-refractivity contribution is -0.116. The van der Waals surface area contributed by atoms with Crippen LogP contribution in [0.4, 0.5) is 5.69 Å². The number of ether oxygens (including phenoxy) is 1. The van der Waals surface area contributed by atoms with Crippen LogP contribution in [0.5, 0.6) is 5.75 Å². The molecule has 3 nitrogen and oxygen atoms in total. The zero-order valence-corrected chi connectivity index (χ0v) is 12.9. The Bertz CT molecular complexity index is 667. The quantitative estimate of drug-likeness (QED) is 0.924. The predicted molar refractivity (Wildman–Crippen MR) is 86.0 cm³/mol. The Balaban J connectivity index is 1.76. The molecule has 108 valence electrons. The topological polar surface area (TPSA) is 38.3 Å². The van der Waals surface area contributed by atoms with Crippen LogP contribution < -0.4 is 10.1 Å². The molecule has 1 atom stereocenters. The molecule has 0 aromatic heterocycles. The number of carbonyl (C=O) groups is 1. The molecule has 1 N–H and O–H groups in total. The van der Waals surface area contributed by atoms with E-state index in [0.29, 0.717) is 6.42 Å². The van der Waals surface area contributed by atoms with Crippen LogP contribution in [0.15, 0.2) is 47.4 Å². The summed E-state index contributed by atoms with van der Waals surface area (Å²) >= 11 is 1.78. The molecule has 0 amide bonds. The van der Waals surface area contributed by atoms with Crippen molar-refractivity contribution in [1.82, 2.24) is 0 Å². The lowest BCUT2D eigenvalue weighted by Gasteiger charge is -2.11. The number of benzene rings is 2. The molecule has 1 unspecified atom stereocenters. The summed E-state index contributed by atoms with van der Waals surface area (Å²) in [5, 5.41) is 3.71. The van der Waals surface area contributed by atoms with E-state index in [2.05, 4.69) is 23.5 Å². The van der Waals surface area contributed by atoms with Crippen LogP contribution in [-0.4, -0.2) is 12.9 Å². The summed E-state index contributed by atoms with van der Waals surface area (Å²) in [6.45, 7) is 1.62. The zero-order valence-electron chi connectivity index (χ0n) is 12.1. The van der Waals surface area contributed by atoms with Crippen molar-refractivity contribution in [2.45, 2.75) is 23.6 Å². The van der Waals surface area contributed by atoms with Crippen LogP contribution in [0.2, 0.25) is 0 Å². The van der Waals surface area contributed by atoms with Gasteiger partial charge < -0.3 is 10.1 Å². The number of carbonyl (C=O) groups excluding carboxylic acids is 1. The minimum atomic E-state index is 0.190. The number of nitrogens with one attached hydrogen (secondary N) is 1. The third-order valence-electron chi connectivity index (χ3n) is 3.46. The number of rotatable bonds is 4. The number of Topliss-reactive ketones (excluding diaryl/α,β-unsaturated/α-hetero) is 1. The van der Waals surface area contributed by atoms with Gasteiger partial charge in [-0.15, -0.1) is 0 Å². The maximum absolute atomic E-state index is 11.1. The Morgan fingerprint density at radius 2 is 2.00 bits per heavy atom. The standard InChI is InChI=1S/C17H17NO2S/c1-11(19)9-12-3-5-13(6-4-12)17-18-15-8-7-14(20-2)10-16(15)21-17/h3-8,10,17-18H,9H2,1-2H3. The van der Waals surface area contributed by atoms with Crippen molar-refractivity contribution >= 4 is 23.2 Å². The molecule has 1 aliphatic heterocycles. The average molecular weight is 299 g/mol. The maximum atomic E-state index is 11.1. The highest BCUT2D eigenvalue weighted by atomic mass is 32.2. The number of methoxy groups -OCH3 is 1. The number of fused-ring (bicyclic) bond motifs is 1. The Morgan fingerprint density at radius 1 is 1.24 bits per heavy atom. The van der Waals surface area contributed by atoms with Crippen molar-refractivity contribution in [2.75, 3.05) is 12.4 Å². The second-order valence-corrected chi connectivity index (χ2v) is 6.27. The summed E-state index contributed by atoms with van der Waals surface area (Å²) in [6.07, 6.45) is 0.503. The highest BCUT2D eigenvalue weighted by Crippen LogP contribution is 2.47. The molecule has 1 aliphatic rings. The van der Waals surface area contributed by atoms with Gasteiger partial charge in [0, 0.05) is 17.0 Å². The fourth-order valence-corrected chi connectivity index (χ4v) is 3.56. The van der Waals surface area contributed by atoms with E-state index in [1.54, 1.807) is 25.8 Å². The zero-order chi connectivity index (χ0) is 14.8. The van der Waals surface area contributed by atoms with E-state index in [4.69, 9.17) is 4.74 Å². The summed E-state index contributed by atoms with van der Waals surface area (Å²) in [5.41, 5.74) is 3.41. The molecule has 0 saturated heterocycles. The maximum Gasteiger partial charge on any atom is 0.134 e. The first-order valence-electron chi connectivity index (χ1n) is 6.85. The van der Waals surface area contributed by atoms with Gasteiger partial charge in [0.05, 0.1) is 7.11 Å². The summed E-state index contributed by atoms with van der Waals surface area (Å²) in [7, 11) is 1.68. The van der Waals surface area contributed by atoms with E-state index in [1.165, 1.54) is 10.5 Å². The number of hydrogen-bond acceptors (Lipinski definition) is 4. The van der Waals surface area contributed by atoms with Crippen LogP contribution in [0.1, 0.15) is 23.4 Å². The van der Waals surface area contributed by atoms with Gasteiger partial charge in [-0.25, -0.2) is 0 Å². The van der Waals surface area contributed by atoms with Crippen molar-refractivity contribution in [3.05, 3.63) is 53.6 Å². The normalized spacial score (nSPS) is 16.2. The van der Waals surface area contributed by atoms with Gasteiger partial charge in [-0.05, 0) is 36.2 Å². The molecule has 0 bridgehead atoms. The lowest BCUT2D eigenvalue weighted by atomic mass is 10.1. The third-order valence-corrected chi connectivity index (χ3v) is 4.67. The molecule has 0 aliphatic carbocycles. The Kier molecular flexibility index (Phi) is 3.88. The van der Waals surface area contributed by atoms with Crippen molar-refractivity contribution in [3.63, 3.8) is 0 Å². The van der Waals surface area contributed by atoms with Crippen LogP contribution in [-0.2, 0) is 11.2 Å². The third kappa shape index (κ3) is 3.05. The molecule has 4 heteroatoms. The molecule has 0 radical (unpaired) electrons. The van der Waals surface area contributed by atoms with Crippen molar-refractivity contribution < 1.29 is 9.53 Å². The van der Waals surface area contributed by atoms with Crippen molar-refractivity contribution in [1.29, 1.82) is 0 Å². The second-order valence-electron chi connectivity index (χ2n) is 5.12. The Morgan fingerprint density at radius 3 is 2.67 bits per heavy atom. The number of anilines is 1. The van der Waals surface area contributed by atoms with Gasteiger partial charge >= 0.3 is 0 Å². The summed E-state index contributed by atoms with van der Waals surface area (Å²) in [5.74, 6) is 1.07. The van der Waals surface area contributed by atoms with E-state index in [-0.39, 0.29) is 11.2 Å². The first-order chi connectivity index (χ1) is 10.2. The highest BCUT2D eigenvalue weighted by Gasteiger charge is 2.23. The molecule has 0 saturated carbocycles. The number of ketones is 1. The smallest absolute Gasteiger partial charge is 0.134 e. The first-order valence-corrected chi connectivity index (χ1v) is 7.73. The SMILES string of the molecule is COc1ccc2c(c1)SC(c1ccc(CC(C)=O)cc1)N2. The van der Waals surface area contributed by atoms with Crippen molar-refractivity contribution in [3.8, 4) is 5.75 Å². The van der Waals surface area contributed by atoms with Gasteiger partial charge in [0.2, 0.25) is 0 Å². The van der Waals surface area contributed by atoms with E-state index >= 15 is 0 Å². The lowest BCUT2D eigenvalue weighted by Crippen LogP contribution is -2.02. The molecule has 1 heterocycles. The van der Waals surface area contributed by atoms with Crippen LogP contribution in [0, 0.1) is 0 Å². The largest absolute Gasteiger partial charge is 0.497 e. The van der Waals surface area contributed by atoms with Crippen molar-refractivity contribution in [2.24, 2.45) is 0 Å². The predicted octanol–water partition coefficient (Wildman–Crippen LogP) is 4.04. The molecular formula is C17H17NO2S. The summed E-state index contributed by atoms with van der Waals surface area (Å²) < 4.78 is 5.26. The minimum Gasteiger partial charge on any atom is -0.497 e. The monoisotopic (exact) mass is 299 g/mol. The molecule has 2 aromatic carbocycles. The number of thioether (sulfide) groups is 1. The van der Waals surface area contributed by atoms with Gasteiger partial charge in [-0.2, -0.15) is 0 Å². The highest BCUT2D eigenvalue weighted by molar-refractivity contribution is 8.00. The Labute approximate surface area is 128 Å². The van der Waals surface area contributed by atoms with Gasteiger partial charge in [0.25, 0.3) is 0 Å². The van der Waals surface area contributed by atoms with Gasteiger partial charge in [0.1, 0.15) is 16.9 Å². The van der Waals surface area contributed by atoms with Crippen LogP contribution in [0.3, 0.4) is 0 Å². The minimum absolute atomic E-state index is 0.190. The van der Waals surface area contributed by atoms with E-state index in [9.17, 15) is 4.79 Å². The van der Waals surface area contributed by atoms with E-state index in [1.807, 2.05) is 24.3 Å². The molecular weight excluding hydrogens is 282 g/mol. The average Bonchev–Trinajstić information content (AvgIpc) is 2.90. The number of hydrogen-bond donors (Lipinski definition) is 1. The Hall–Kier alpha value is -1.94. The van der Waals surface area contributed by atoms with Crippen LogP contribution >= 0.6 is 11.8 Å². The first kappa shape index (κ1) is 14.0. The fraction of sp³-hybridized carbons (Fsp3) is 0.235. The van der Waals surface area contributed by atoms with Crippen LogP contribution in [0.25, 0.3) is 0 Å². The van der Waals surface area contributed by atoms with E-state index in [0.717, 1.165) is 17.0 Å². The fourth-order valence-electron chi connectivity index (χ4n) is 2.39. The molecule has 21 heavy (non-hydrogen) atoms. The molecule has 2 aromatic rings. The second kappa shape index (κ2) is 5.82. The molecule has 0 fully saturated rings. The summed E-state index contributed by atoms with van der Waals surface area (Å²) in [6, 6.07) is 14.3. The van der Waals surface area contributed by atoms with Gasteiger partial charge in [0.15, 0.2) is 0 Å². The molecule has 0 spiro atoms. The van der Waals surface area contributed by atoms with E-state index < -0.39 is 0 Å². The molecule has 3 rings (SSSR count). The van der Waals surface area contributed by atoms with Gasteiger partial charge in [-0.3, -0.25) is 4.79 Å².